The molecule has 0 saturated carbocycles. The molecule has 1 nitrogen and oxygen atoms in total. The highest BCUT2D eigenvalue weighted by molar-refractivity contribution is 5.67. The summed E-state index contributed by atoms with van der Waals surface area (Å²) < 4.78 is 0. The van der Waals surface area contributed by atoms with Crippen LogP contribution in [0.25, 0.3) is 0 Å². The third-order valence-corrected chi connectivity index (χ3v) is 3.85. The van der Waals surface area contributed by atoms with Crippen molar-refractivity contribution in [3.05, 3.63) is 89.5 Å². The molecule has 2 aromatic carbocycles. The molecule has 0 heterocycles. The van der Waals surface area contributed by atoms with Crippen LogP contribution in [0.4, 0.5) is 5.69 Å². The van der Waals surface area contributed by atoms with Crippen LogP contribution in [0.3, 0.4) is 0 Å². The molecule has 0 N–H and O–H groups in total. The molecule has 0 aromatic heterocycles. The maximum absolute atomic E-state index is 4.53. The first kappa shape index (κ1) is 13.6. The van der Waals surface area contributed by atoms with E-state index < -0.39 is 0 Å². The first-order valence-electron chi connectivity index (χ1n) is 7.35. The molecule has 0 fully saturated rings. The highest BCUT2D eigenvalue weighted by Crippen LogP contribution is 2.32. The highest BCUT2D eigenvalue weighted by atomic mass is 14.7. The van der Waals surface area contributed by atoms with Gasteiger partial charge in [-0.25, -0.2) is 0 Å². The second-order valence-electron chi connectivity index (χ2n) is 5.32. The van der Waals surface area contributed by atoms with E-state index in [0.717, 1.165) is 12.1 Å². The van der Waals surface area contributed by atoms with E-state index in [0.29, 0.717) is 5.92 Å². The second-order valence-corrected chi connectivity index (χ2v) is 5.32. The van der Waals surface area contributed by atoms with Gasteiger partial charge in [0.25, 0.3) is 0 Å². The topological polar surface area (TPSA) is 12.4 Å². The summed E-state index contributed by atoms with van der Waals surface area (Å²) in [7, 11) is 0. The minimum Gasteiger partial charge on any atom is -0.261 e. The summed E-state index contributed by atoms with van der Waals surface area (Å²) in [6.07, 6.45) is 9.48. The molecule has 0 amide bonds. The molecule has 2 aromatic rings. The van der Waals surface area contributed by atoms with Gasteiger partial charge in [-0.2, -0.15) is 0 Å². The number of rotatable bonds is 4. The van der Waals surface area contributed by atoms with Gasteiger partial charge in [0.15, 0.2) is 0 Å². The van der Waals surface area contributed by atoms with Gasteiger partial charge in [-0.05, 0) is 30.2 Å². The fourth-order valence-corrected chi connectivity index (χ4v) is 2.71. The first-order chi connectivity index (χ1) is 10.3. The number of hydrogen-bond donors (Lipinski definition) is 0. The Morgan fingerprint density at radius 1 is 1.00 bits per heavy atom. The standard InChI is InChI=1S/C20H19N/c1-16-8-7-13-19(16)20-12-6-5-9-17(20)14-15-21-18-10-3-2-4-11-18/h2-13,15,19H,14H2,1H3. The van der Waals surface area contributed by atoms with Crippen LogP contribution < -0.4 is 0 Å². The Kier molecular flexibility index (Phi) is 4.11. The van der Waals surface area contributed by atoms with E-state index >= 15 is 0 Å². The lowest BCUT2D eigenvalue weighted by Gasteiger charge is -2.15. The SMILES string of the molecule is CC1=CC=CC1c1ccccc1CC=Nc1ccccc1. The van der Waals surface area contributed by atoms with Crippen molar-refractivity contribution in [2.24, 2.45) is 4.99 Å². The summed E-state index contributed by atoms with van der Waals surface area (Å²) in [5, 5.41) is 0. The smallest absolute Gasteiger partial charge is 0.0625 e. The summed E-state index contributed by atoms with van der Waals surface area (Å²) in [5.41, 5.74) is 5.15. The predicted molar refractivity (Wildman–Crippen MR) is 90.4 cm³/mol. The van der Waals surface area contributed by atoms with Crippen LogP contribution in [-0.4, -0.2) is 6.21 Å². The maximum atomic E-state index is 4.53. The van der Waals surface area contributed by atoms with Crippen molar-refractivity contribution in [3.63, 3.8) is 0 Å². The Balaban J connectivity index is 1.79. The molecule has 0 saturated heterocycles. The van der Waals surface area contributed by atoms with Gasteiger partial charge in [0.05, 0.1) is 5.69 Å². The molecule has 1 unspecified atom stereocenters. The molecule has 104 valence electrons. The molecule has 0 spiro atoms. The Morgan fingerprint density at radius 3 is 2.52 bits per heavy atom. The van der Waals surface area contributed by atoms with E-state index in [1.165, 1.54) is 16.7 Å². The van der Waals surface area contributed by atoms with Gasteiger partial charge in [-0.15, -0.1) is 0 Å². The van der Waals surface area contributed by atoms with Crippen molar-refractivity contribution in [3.8, 4) is 0 Å². The monoisotopic (exact) mass is 273 g/mol. The van der Waals surface area contributed by atoms with E-state index in [-0.39, 0.29) is 0 Å². The van der Waals surface area contributed by atoms with Crippen molar-refractivity contribution in [2.75, 3.05) is 0 Å². The van der Waals surface area contributed by atoms with Gasteiger partial charge < -0.3 is 0 Å². The lowest BCUT2D eigenvalue weighted by molar-refractivity contribution is 0.988. The van der Waals surface area contributed by atoms with Crippen LogP contribution in [0.15, 0.2) is 83.4 Å². The Bertz CT molecular complexity index is 693. The summed E-state index contributed by atoms with van der Waals surface area (Å²) in [6.45, 7) is 2.19. The highest BCUT2D eigenvalue weighted by Gasteiger charge is 2.15. The van der Waals surface area contributed by atoms with Crippen LogP contribution in [0.1, 0.15) is 24.0 Å². The van der Waals surface area contributed by atoms with Crippen LogP contribution in [-0.2, 0) is 6.42 Å². The van der Waals surface area contributed by atoms with E-state index in [9.17, 15) is 0 Å². The first-order valence-corrected chi connectivity index (χ1v) is 7.35. The molecular weight excluding hydrogens is 254 g/mol. The lowest BCUT2D eigenvalue weighted by atomic mass is 9.90. The van der Waals surface area contributed by atoms with E-state index in [1.54, 1.807) is 0 Å². The van der Waals surface area contributed by atoms with Crippen LogP contribution in [0.5, 0.6) is 0 Å². The molecule has 1 heteroatoms. The Morgan fingerprint density at radius 2 is 1.76 bits per heavy atom. The number of allylic oxidation sites excluding steroid dienone is 4. The van der Waals surface area contributed by atoms with Gasteiger partial charge in [-0.3, -0.25) is 4.99 Å². The molecule has 0 aliphatic heterocycles. The lowest BCUT2D eigenvalue weighted by Crippen LogP contribution is -2.00. The van der Waals surface area contributed by atoms with Gasteiger partial charge in [0.2, 0.25) is 0 Å². The third kappa shape index (κ3) is 3.19. The van der Waals surface area contributed by atoms with Crippen molar-refractivity contribution < 1.29 is 0 Å². The number of aliphatic imine (C=N–C) groups is 1. The van der Waals surface area contributed by atoms with E-state index in [1.807, 2.05) is 36.5 Å². The van der Waals surface area contributed by atoms with Crippen molar-refractivity contribution >= 4 is 11.9 Å². The minimum absolute atomic E-state index is 0.423. The third-order valence-electron chi connectivity index (χ3n) is 3.85. The zero-order valence-corrected chi connectivity index (χ0v) is 12.2. The maximum Gasteiger partial charge on any atom is 0.0625 e. The number of hydrogen-bond acceptors (Lipinski definition) is 1. The van der Waals surface area contributed by atoms with E-state index in [2.05, 4.69) is 54.4 Å². The predicted octanol–water partition coefficient (Wildman–Crippen LogP) is 5.23. The zero-order chi connectivity index (χ0) is 14.5. The molecule has 1 aliphatic rings. The average Bonchev–Trinajstić information content (AvgIpc) is 2.95. The fraction of sp³-hybridized carbons (Fsp3) is 0.150. The van der Waals surface area contributed by atoms with Gasteiger partial charge in [0, 0.05) is 18.6 Å². The Labute approximate surface area is 126 Å². The van der Waals surface area contributed by atoms with Gasteiger partial charge >= 0.3 is 0 Å². The van der Waals surface area contributed by atoms with Crippen LogP contribution >= 0.6 is 0 Å². The van der Waals surface area contributed by atoms with E-state index in [4.69, 9.17) is 0 Å². The van der Waals surface area contributed by atoms with Crippen molar-refractivity contribution in [1.82, 2.24) is 0 Å². The summed E-state index contributed by atoms with van der Waals surface area (Å²) in [5.74, 6) is 0.423. The molecule has 1 atom stereocenters. The molecule has 0 bridgehead atoms. The normalized spacial score (nSPS) is 17.4. The zero-order valence-electron chi connectivity index (χ0n) is 12.2. The summed E-state index contributed by atoms with van der Waals surface area (Å²) in [6, 6.07) is 18.7. The fourth-order valence-electron chi connectivity index (χ4n) is 2.71. The molecule has 0 radical (unpaired) electrons. The van der Waals surface area contributed by atoms with Crippen LogP contribution in [0.2, 0.25) is 0 Å². The molecule has 3 rings (SSSR count). The summed E-state index contributed by atoms with van der Waals surface area (Å²) >= 11 is 0. The Hall–Kier alpha value is -2.41. The molecule has 1 aliphatic carbocycles. The second kappa shape index (κ2) is 6.36. The van der Waals surface area contributed by atoms with Gasteiger partial charge in [-0.1, -0.05) is 66.3 Å². The minimum atomic E-state index is 0.423. The summed E-state index contributed by atoms with van der Waals surface area (Å²) in [4.78, 5) is 4.53. The quantitative estimate of drug-likeness (QED) is 0.676. The van der Waals surface area contributed by atoms with Crippen molar-refractivity contribution in [1.29, 1.82) is 0 Å². The largest absolute Gasteiger partial charge is 0.261 e. The van der Waals surface area contributed by atoms with Crippen molar-refractivity contribution in [2.45, 2.75) is 19.3 Å². The number of benzene rings is 2. The molecule has 21 heavy (non-hydrogen) atoms. The van der Waals surface area contributed by atoms with Crippen LogP contribution in [0, 0.1) is 0 Å². The van der Waals surface area contributed by atoms with Gasteiger partial charge in [0.1, 0.15) is 0 Å². The number of para-hydroxylation sites is 1. The molecular formula is C20H19N. The average molecular weight is 273 g/mol. The number of nitrogens with zero attached hydrogens (tertiary/aromatic N) is 1.